The van der Waals surface area contributed by atoms with E-state index in [-0.39, 0.29) is 35.3 Å². The fourth-order valence-corrected chi connectivity index (χ4v) is 7.03. The van der Waals surface area contributed by atoms with Gasteiger partial charge in [-0.15, -0.1) is 0 Å². The summed E-state index contributed by atoms with van der Waals surface area (Å²) in [5.74, 6) is -0.697. The van der Waals surface area contributed by atoms with Crippen LogP contribution in [-0.2, 0) is 14.8 Å². The largest absolute Gasteiger partial charge is 0.351 e. The number of nitrogens with zero attached hydrogens (tertiary/aromatic N) is 1. The smallest absolute Gasteiger partial charge is 0.251 e. The van der Waals surface area contributed by atoms with E-state index < -0.39 is 15.9 Å². The van der Waals surface area contributed by atoms with Crippen LogP contribution < -0.4 is 10.6 Å². The normalized spacial score (nSPS) is 22.9. The predicted octanol–water partition coefficient (Wildman–Crippen LogP) is 4.10. The van der Waals surface area contributed by atoms with Crippen LogP contribution in [0, 0.1) is 5.92 Å². The van der Waals surface area contributed by atoms with Gasteiger partial charge in [0.1, 0.15) is 0 Å². The van der Waals surface area contributed by atoms with Gasteiger partial charge in [-0.25, -0.2) is 8.42 Å². The second-order valence-electron chi connectivity index (χ2n) is 10.1. The van der Waals surface area contributed by atoms with Gasteiger partial charge < -0.3 is 10.6 Å². The zero-order valence-corrected chi connectivity index (χ0v) is 21.6. The van der Waals surface area contributed by atoms with E-state index in [1.54, 1.807) is 24.3 Å². The van der Waals surface area contributed by atoms with Crippen molar-refractivity contribution in [3.63, 3.8) is 0 Å². The predicted molar refractivity (Wildman–Crippen MR) is 144 cm³/mol. The minimum absolute atomic E-state index is 0.135. The lowest BCUT2D eigenvalue weighted by Gasteiger charge is -2.36. The van der Waals surface area contributed by atoms with Gasteiger partial charge in [0.15, 0.2) is 0 Å². The lowest BCUT2D eigenvalue weighted by atomic mass is 9.89. The van der Waals surface area contributed by atoms with E-state index in [1.165, 1.54) is 4.31 Å². The topological polar surface area (TPSA) is 95.6 Å². The zero-order valence-electron chi connectivity index (χ0n) is 20.8. The molecule has 0 bridgehead atoms. The number of carbonyl (C=O) groups is 2. The number of amides is 2. The van der Waals surface area contributed by atoms with Crippen LogP contribution in [0.15, 0.2) is 77.7 Å². The first-order valence-electron chi connectivity index (χ1n) is 13.1. The molecular weight excluding hydrogens is 486 g/mol. The maximum absolute atomic E-state index is 13.4. The number of fused-ring (bicyclic) bond motifs is 1. The molecule has 0 aromatic heterocycles. The number of carbonyl (C=O) groups excluding carboxylic acids is 2. The molecule has 3 aromatic rings. The number of hydrogen-bond acceptors (Lipinski definition) is 4. The van der Waals surface area contributed by atoms with Gasteiger partial charge in [0, 0.05) is 30.7 Å². The fourth-order valence-electron chi connectivity index (χ4n) is 5.47. The number of benzene rings is 3. The molecular formula is C29H33N3O4S. The third-order valence-electron chi connectivity index (χ3n) is 7.56. The van der Waals surface area contributed by atoms with Crippen molar-refractivity contribution in [2.24, 2.45) is 5.92 Å². The van der Waals surface area contributed by atoms with Gasteiger partial charge >= 0.3 is 0 Å². The lowest BCUT2D eigenvalue weighted by Crippen LogP contribution is -2.55. The van der Waals surface area contributed by atoms with Gasteiger partial charge in [-0.05, 0) is 60.7 Å². The monoisotopic (exact) mass is 519 g/mol. The van der Waals surface area contributed by atoms with Gasteiger partial charge in [-0.1, -0.05) is 61.4 Å². The summed E-state index contributed by atoms with van der Waals surface area (Å²) in [5.41, 5.74) is 0.597. The molecule has 2 aliphatic rings. The van der Waals surface area contributed by atoms with E-state index in [1.807, 2.05) is 48.5 Å². The molecule has 5 rings (SSSR count). The Hall–Kier alpha value is -3.23. The van der Waals surface area contributed by atoms with Crippen molar-refractivity contribution in [1.29, 1.82) is 0 Å². The highest BCUT2D eigenvalue weighted by Gasteiger charge is 2.35. The summed E-state index contributed by atoms with van der Waals surface area (Å²) in [5, 5.41) is 8.12. The fraction of sp³-hybridized carbons (Fsp3) is 0.379. The third kappa shape index (κ3) is 5.70. The minimum atomic E-state index is -3.71. The van der Waals surface area contributed by atoms with Crippen LogP contribution in [-0.4, -0.2) is 49.7 Å². The summed E-state index contributed by atoms with van der Waals surface area (Å²) in [6.07, 6.45) is 4.84. The summed E-state index contributed by atoms with van der Waals surface area (Å²) < 4.78 is 28.3. The first kappa shape index (κ1) is 25.4. The minimum Gasteiger partial charge on any atom is -0.351 e. The average molecular weight is 520 g/mol. The van der Waals surface area contributed by atoms with E-state index in [9.17, 15) is 18.0 Å². The highest BCUT2D eigenvalue weighted by Crippen LogP contribution is 2.27. The molecule has 1 aliphatic heterocycles. The van der Waals surface area contributed by atoms with Gasteiger partial charge in [-0.3, -0.25) is 9.59 Å². The van der Waals surface area contributed by atoms with Crippen molar-refractivity contribution in [2.45, 2.75) is 55.5 Å². The first-order chi connectivity index (χ1) is 17.9. The van der Waals surface area contributed by atoms with Gasteiger partial charge in [0.25, 0.3) is 5.91 Å². The molecule has 8 heteroatoms. The Morgan fingerprint density at radius 3 is 2.19 bits per heavy atom. The molecule has 0 radical (unpaired) electrons. The van der Waals surface area contributed by atoms with Crippen molar-refractivity contribution in [2.75, 3.05) is 13.1 Å². The SMILES string of the molecule is O=C(N[C@@H]1CCCC[C@H]1NC(=O)[C@@H]1CCCN(S(=O)(=O)c2ccc3ccccc3c2)C1)c1ccccc1. The maximum Gasteiger partial charge on any atom is 0.251 e. The van der Waals surface area contributed by atoms with Crippen molar-refractivity contribution in [1.82, 2.24) is 14.9 Å². The second kappa shape index (κ2) is 11.0. The van der Waals surface area contributed by atoms with Crippen LogP contribution in [0.25, 0.3) is 10.8 Å². The van der Waals surface area contributed by atoms with Crippen LogP contribution in [0.2, 0.25) is 0 Å². The van der Waals surface area contributed by atoms with Crippen molar-refractivity contribution in [3.8, 4) is 0 Å². The van der Waals surface area contributed by atoms with Crippen LogP contribution >= 0.6 is 0 Å². The molecule has 1 saturated carbocycles. The molecule has 2 amide bonds. The number of rotatable bonds is 6. The van der Waals surface area contributed by atoms with Crippen molar-refractivity contribution in [3.05, 3.63) is 78.4 Å². The lowest BCUT2D eigenvalue weighted by molar-refractivity contribution is -0.127. The molecule has 2 fully saturated rings. The molecule has 3 atom stereocenters. The summed E-state index contributed by atoms with van der Waals surface area (Å²) in [6.45, 7) is 0.562. The molecule has 3 aromatic carbocycles. The van der Waals surface area contributed by atoms with E-state index in [4.69, 9.17) is 0 Å². The molecule has 7 nitrogen and oxygen atoms in total. The molecule has 2 N–H and O–H groups in total. The molecule has 0 spiro atoms. The molecule has 1 aliphatic carbocycles. The summed E-state index contributed by atoms with van der Waals surface area (Å²) in [4.78, 5) is 26.3. The Morgan fingerprint density at radius 2 is 1.43 bits per heavy atom. The Balaban J connectivity index is 1.25. The van der Waals surface area contributed by atoms with Crippen LogP contribution in [0.5, 0.6) is 0 Å². The number of piperidine rings is 1. The number of sulfonamides is 1. The van der Waals surface area contributed by atoms with E-state index in [0.717, 1.165) is 36.5 Å². The van der Waals surface area contributed by atoms with Crippen LogP contribution in [0.1, 0.15) is 48.9 Å². The van der Waals surface area contributed by atoms with Crippen molar-refractivity contribution < 1.29 is 18.0 Å². The van der Waals surface area contributed by atoms with Gasteiger partial charge in [0.05, 0.1) is 10.8 Å². The molecule has 0 unspecified atom stereocenters. The highest BCUT2D eigenvalue weighted by atomic mass is 32.2. The molecule has 1 saturated heterocycles. The third-order valence-corrected chi connectivity index (χ3v) is 9.42. The van der Waals surface area contributed by atoms with E-state index in [0.29, 0.717) is 24.9 Å². The van der Waals surface area contributed by atoms with Gasteiger partial charge in [0.2, 0.25) is 15.9 Å². The highest BCUT2D eigenvalue weighted by molar-refractivity contribution is 7.89. The zero-order chi connectivity index (χ0) is 25.8. The Labute approximate surface area is 218 Å². The second-order valence-corrected chi connectivity index (χ2v) is 12.0. The first-order valence-corrected chi connectivity index (χ1v) is 14.5. The maximum atomic E-state index is 13.4. The molecule has 1 heterocycles. The van der Waals surface area contributed by atoms with Crippen LogP contribution in [0.3, 0.4) is 0 Å². The van der Waals surface area contributed by atoms with Crippen LogP contribution in [0.4, 0.5) is 0 Å². The average Bonchev–Trinajstić information content (AvgIpc) is 2.94. The molecule has 37 heavy (non-hydrogen) atoms. The Morgan fingerprint density at radius 1 is 0.757 bits per heavy atom. The van der Waals surface area contributed by atoms with E-state index in [2.05, 4.69) is 10.6 Å². The Kier molecular flexibility index (Phi) is 7.58. The molecule has 194 valence electrons. The number of hydrogen-bond donors (Lipinski definition) is 2. The quantitative estimate of drug-likeness (QED) is 0.513. The standard InChI is InChI=1S/C29H33N3O4S/c33-28(22-10-2-1-3-11-22)30-26-14-6-7-15-27(26)31-29(34)24-13-8-18-32(20-24)37(35,36)25-17-16-21-9-4-5-12-23(21)19-25/h1-5,9-12,16-17,19,24,26-27H,6-8,13-15,18,20H2,(H,30,33)(H,31,34)/t24-,26-,27-/m1/s1. The van der Waals surface area contributed by atoms with Crippen molar-refractivity contribution >= 4 is 32.6 Å². The summed E-state index contributed by atoms with van der Waals surface area (Å²) in [6, 6.07) is 21.6. The van der Waals surface area contributed by atoms with Gasteiger partial charge in [-0.2, -0.15) is 4.31 Å². The summed E-state index contributed by atoms with van der Waals surface area (Å²) in [7, 11) is -3.71. The van der Waals surface area contributed by atoms with E-state index >= 15 is 0 Å². The Bertz CT molecular complexity index is 1380. The number of nitrogens with one attached hydrogen (secondary N) is 2. The summed E-state index contributed by atoms with van der Waals surface area (Å²) >= 11 is 0.